The van der Waals surface area contributed by atoms with E-state index in [9.17, 15) is 8.42 Å². The molecule has 0 spiro atoms. The first-order valence-corrected chi connectivity index (χ1v) is 7.50. The zero-order valence-corrected chi connectivity index (χ0v) is 10.9. The average Bonchev–Trinajstić information content (AvgIpc) is 2.87. The Labute approximate surface area is 102 Å². The molecule has 1 aliphatic carbocycles. The molecule has 5 heteroatoms. The maximum absolute atomic E-state index is 11.7. The highest BCUT2D eigenvalue weighted by atomic mass is 32.2. The first-order valence-electron chi connectivity index (χ1n) is 5.55. The van der Waals surface area contributed by atoms with Crippen LogP contribution in [-0.4, -0.2) is 32.0 Å². The number of benzene rings is 1. The molecule has 2 rings (SSSR count). The van der Waals surface area contributed by atoms with Gasteiger partial charge in [0.05, 0.1) is 10.8 Å². The molecular weight excluding hydrogens is 236 g/mol. The number of rotatable bonds is 3. The summed E-state index contributed by atoms with van der Waals surface area (Å²) in [5, 5.41) is -0.553. The first kappa shape index (κ1) is 12.5. The SMILES string of the molecule is Cc1ccc([C@H]2[C@H](S(C)(=O)=O)[C@@]2(N)CN)cc1. The summed E-state index contributed by atoms with van der Waals surface area (Å²) in [5.41, 5.74) is 13.0. The van der Waals surface area contributed by atoms with Crippen LogP contribution in [0.1, 0.15) is 17.0 Å². The molecule has 0 amide bonds. The number of aryl methyl sites for hydroxylation is 1. The standard InChI is InChI=1S/C12H18N2O2S/c1-8-3-5-9(6-4-8)10-11(17(2,15)16)12(10,14)7-13/h3-6,10-11H,7,13-14H2,1-2H3/t10-,11-,12+/m0/s1. The van der Waals surface area contributed by atoms with Gasteiger partial charge in [-0.25, -0.2) is 8.42 Å². The van der Waals surface area contributed by atoms with Crippen LogP contribution >= 0.6 is 0 Å². The van der Waals surface area contributed by atoms with Crippen molar-refractivity contribution in [2.75, 3.05) is 12.8 Å². The minimum atomic E-state index is -3.16. The highest BCUT2D eigenvalue weighted by Crippen LogP contribution is 2.53. The quantitative estimate of drug-likeness (QED) is 0.804. The Hall–Kier alpha value is -0.910. The van der Waals surface area contributed by atoms with Gasteiger partial charge in [-0.3, -0.25) is 0 Å². The van der Waals surface area contributed by atoms with Crippen molar-refractivity contribution in [3.63, 3.8) is 0 Å². The monoisotopic (exact) mass is 254 g/mol. The second kappa shape index (κ2) is 3.80. The van der Waals surface area contributed by atoms with Gasteiger partial charge in [-0.2, -0.15) is 0 Å². The van der Waals surface area contributed by atoms with Gasteiger partial charge in [0.25, 0.3) is 0 Å². The molecule has 0 aromatic heterocycles. The Kier molecular flexibility index (Phi) is 2.80. The Bertz CT molecular complexity index is 524. The zero-order chi connectivity index (χ0) is 12.8. The van der Waals surface area contributed by atoms with Crippen LogP contribution in [0.15, 0.2) is 24.3 Å². The molecule has 4 nitrogen and oxygen atoms in total. The van der Waals surface area contributed by atoms with E-state index in [1.54, 1.807) is 0 Å². The summed E-state index contributed by atoms with van der Waals surface area (Å²) in [7, 11) is -3.16. The zero-order valence-electron chi connectivity index (χ0n) is 10.1. The van der Waals surface area contributed by atoms with Gasteiger partial charge >= 0.3 is 0 Å². The summed E-state index contributed by atoms with van der Waals surface area (Å²) >= 11 is 0. The fraction of sp³-hybridized carbons (Fsp3) is 0.500. The third kappa shape index (κ3) is 1.99. The molecule has 17 heavy (non-hydrogen) atoms. The lowest BCUT2D eigenvalue weighted by Gasteiger charge is -2.07. The minimum absolute atomic E-state index is 0.178. The summed E-state index contributed by atoms with van der Waals surface area (Å²) < 4.78 is 23.4. The third-order valence-corrected chi connectivity index (χ3v) is 5.19. The molecule has 1 aliphatic rings. The first-order chi connectivity index (χ1) is 7.80. The van der Waals surface area contributed by atoms with Gasteiger partial charge in [-0.15, -0.1) is 0 Å². The molecule has 3 atom stereocenters. The molecular formula is C12H18N2O2S. The number of hydrogen-bond donors (Lipinski definition) is 2. The van der Waals surface area contributed by atoms with E-state index in [0.29, 0.717) is 0 Å². The molecule has 94 valence electrons. The average molecular weight is 254 g/mol. The molecule has 0 bridgehead atoms. The minimum Gasteiger partial charge on any atom is -0.329 e. The molecule has 0 saturated heterocycles. The lowest BCUT2D eigenvalue weighted by molar-refractivity contribution is 0.591. The van der Waals surface area contributed by atoms with Crippen LogP contribution in [-0.2, 0) is 9.84 Å². The van der Waals surface area contributed by atoms with Crippen molar-refractivity contribution in [1.82, 2.24) is 0 Å². The van der Waals surface area contributed by atoms with Gasteiger partial charge in [0.15, 0.2) is 9.84 Å². The number of nitrogens with two attached hydrogens (primary N) is 2. The van der Waals surface area contributed by atoms with Crippen LogP contribution in [0.4, 0.5) is 0 Å². The van der Waals surface area contributed by atoms with Crippen LogP contribution in [0, 0.1) is 6.92 Å². The summed E-state index contributed by atoms with van der Waals surface area (Å²) in [5.74, 6) is -0.178. The van der Waals surface area contributed by atoms with Gasteiger partial charge in [-0.05, 0) is 12.5 Å². The van der Waals surface area contributed by atoms with Crippen LogP contribution in [0.5, 0.6) is 0 Å². The van der Waals surface area contributed by atoms with Gasteiger partial charge in [0.1, 0.15) is 0 Å². The summed E-state index contributed by atoms with van der Waals surface area (Å²) in [6, 6.07) is 7.79. The van der Waals surface area contributed by atoms with E-state index in [1.165, 1.54) is 6.26 Å². The highest BCUT2D eigenvalue weighted by Gasteiger charge is 2.67. The van der Waals surface area contributed by atoms with Crippen LogP contribution < -0.4 is 11.5 Å². The van der Waals surface area contributed by atoms with E-state index in [0.717, 1.165) is 11.1 Å². The van der Waals surface area contributed by atoms with Crippen molar-refractivity contribution in [2.45, 2.75) is 23.6 Å². The molecule has 1 saturated carbocycles. The van der Waals surface area contributed by atoms with Gasteiger partial charge in [-0.1, -0.05) is 29.8 Å². The van der Waals surface area contributed by atoms with E-state index < -0.39 is 20.6 Å². The molecule has 1 fully saturated rings. The fourth-order valence-electron chi connectivity index (χ4n) is 2.57. The van der Waals surface area contributed by atoms with Gasteiger partial charge in [0, 0.05) is 18.7 Å². The lowest BCUT2D eigenvalue weighted by Crippen LogP contribution is -2.38. The number of sulfone groups is 1. The number of hydrogen-bond acceptors (Lipinski definition) is 4. The van der Waals surface area contributed by atoms with E-state index in [-0.39, 0.29) is 12.5 Å². The Morgan fingerprint density at radius 2 is 1.82 bits per heavy atom. The van der Waals surface area contributed by atoms with Crippen molar-refractivity contribution in [1.29, 1.82) is 0 Å². The van der Waals surface area contributed by atoms with Crippen molar-refractivity contribution in [3.8, 4) is 0 Å². The van der Waals surface area contributed by atoms with E-state index in [1.807, 2.05) is 31.2 Å². The largest absolute Gasteiger partial charge is 0.329 e. The molecule has 4 N–H and O–H groups in total. The van der Waals surface area contributed by atoms with Crippen LogP contribution in [0.2, 0.25) is 0 Å². The predicted molar refractivity (Wildman–Crippen MR) is 68.5 cm³/mol. The molecule has 0 heterocycles. The van der Waals surface area contributed by atoms with Crippen molar-refractivity contribution >= 4 is 9.84 Å². The fourth-order valence-corrected chi connectivity index (χ4v) is 4.44. The molecule has 1 aromatic carbocycles. The second-order valence-corrected chi connectivity index (χ2v) is 7.12. The van der Waals surface area contributed by atoms with Crippen molar-refractivity contribution in [3.05, 3.63) is 35.4 Å². The van der Waals surface area contributed by atoms with E-state index in [4.69, 9.17) is 11.5 Å². The summed E-state index contributed by atoms with van der Waals surface area (Å²) in [4.78, 5) is 0. The summed E-state index contributed by atoms with van der Waals surface area (Å²) in [6.45, 7) is 2.17. The van der Waals surface area contributed by atoms with Crippen molar-refractivity contribution in [2.24, 2.45) is 11.5 Å². The molecule has 0 unspecified atom stereocenters. The lowest BCUT2D eigenvalue weighted by atomic mass is 10.1. The molecule has 1 aromatic rings. The molecule has 0 radical (unpaired) electrons. The molecule has 0 aliphatic heterocycles. The normalized spacial score (nSPS) is 32.5. The van der Waals surface area contributed by atoms with Gasteiger partial charge < -0.3 is 11.5 Å². The maximum atomic E-state index is 11.7. The maximum Gasteiger partial charge on any atom is 0.152 e. The van der Waals surface area contributed by atoms with Crippen LogP contribution in [0.25, 0.3) is 0 Å². The van der Waals surface area contributed by atoms with E-state index >= 15 is 0 Å². The second-order valence-electron chi connectivity index (χ2n) is 4.95. The topological polar surface area (TPSA) is 86.2 Å². The highest BCUT2D eigenvalue weighted by molar-refractivity contribution is 7.91. The Morgan fingerprint density at radius 1 is 1.29 bits per heavy atom. The van der Waals surface area contributed by atoms with Crippen molar-refractivity contribution < 1.29 is 8.42 Å². The smallest absolute Gasteiger partial charge is 0.152 e. The predicted octanol–water partition coefficient (Wildman–Crippen LogP) is 0.162. The van der Waals surface area contributed by atoms with Crippen LogP contribution in [0.3, 0.4) is 0 Å². The Morgan fingerprint density at radius 3 is 2.18 bits per heavy atom. The summed E-state index contributed by atoms with van der Waals surface area (Å²) in [6.07, 6.45) is 1.23. The Balaban J connectivity index is 2.37. The van der Waals surface area contributed by atoms with Gasteiger partial charge in [0.2, 0.25) is 0 Å². The third-order valence-electron chi connectivity index (χ3n) is 3.55. The van der Waals surface area contributed by atoms with E-state index in [2.05, 4.69) is 0 Å².